The molecule has 0 bridgehead atoms. The molecule has 1 aromatic heterocycles. The van der Waals surface area contributed by atoms with Gasteiger partial charge >= 0.3 is 0 Å². The molecule has 2 heterocycles. The van der Waals surface area contributed by atoms with E-state index < -0.39 is 0 Å². The highest BCUT2D eigenvalue weighted by Crippen LogP contribution is 2.19. The van der Waals surface area contributed by atoms with Crippen molar-refractivity contribution in [2.24, 2.45) is 5.73 Å². The maximum Gasteiger partial charge on any atom is 0.255 e. The number of nitrogens with one attached hydrogen (secondary N) is 1. The largest absolute Gasteiger partial charge is 0.330 e. The number of fused-ring (bicyclic) bond motifs is 1. The number of nitrogens with zero attached hydrogens (tertiary/aromatic N) is 2. The Morgan fingerprint density at radius 3 is 2.80 bits per heavy atom. The van der Waals surface area contributed by atoms with Crippen molar-refractivity contribution < 1.29 is 0 Å². The summed E-state index contributed by atoms with van der Waals surface area (Å²) in [5.41, 5.74) is 8.43. The molecule has 0 radical (unpaired) electrons. The summed E-state index contributed by atoms with van der Waals surface area (Å²) in [5.74, 6) is 0.692. The van der Waals surface area contributed by atoms with Crippen LogP contribution in [0.25, 0.3) is 0 Å². The molecule has 1 aliphatic rings. The first-order chi connectivity index (χ1) is 9.76. The summed E-state index contributed by atoms with van der Waals surface area (Å²) in [6.07, 6.45) is 0.612. The lowest BCUT2D eigenvalue weighted by molar-refractivity contribution is 0.273. The molecule has 0 saturated carbocycles. The van der Waals surface area contributed by atoms with Crippen molar-refractivity contribution in [3.8, 4) is 0 Å². The maximum absolute atomic E-state index is 12.0. The minimum Gasteiger partial charge on any atom is -0.330 e. The molecule has 5 heteroatoms. The van der Waals surface area contributed by atoms with Crippen LogP contribution in [-0.2, 0) is 26.1 Å². The number of hydrogen-bond donors (Lipinski definition) is 2. The van der Waals surface area contributed by atoms with Gasteiger partial charge in [-0.3, -0.25) is 9.69 Å². The molecule has 0 saturated heterocycles. The van der Waals surface area contributed by atoms with Gasteiger partial charge in [-0.25, -0.2) is 4.98 Å². The number of benzene rings is 1. The molecular formula is C15H18N4O. The number of hydrogen-bond acceptors (Lipinski definition) is 4. The van der Waals surface area contributed by atoms with Crippen LogP contribution < -0.4 is 11.3 Å². The Kier molecular flexibility index (Phi) is 3.62. The molecule has 0 unspecified atom stereocenters. The lowest BCUT2D eigenvalue weighted by Crippen LogP contribution is -2.20. The second-order valence-electron chi connectivity index (χ2n) is 5.11. The van der Waals surface area contributed by atoms with Crippen molar-refractivity contribution in [2.75, 3.05) is 6.54 Å². The molecule has 0 spiro atoms. The monoisotopic (exact) mass is 270 g/mol. The van der Waals surface area contributed by atoms with Crippen LogP contribution in [0.2, 0.25) is 0 Å². The van der Waals surface area contributed by atoms with Crippen LogP contribution >= 0.6 is 0 Å². The van der Waals surface area contributed by atoms with E-state index in [-0.39, 0.29) is 5.56 Å². The van der Waals surface area contributed by atoms with Crippen molar-refractivity contribution in [3.63, 3.8) is 0 Å². The smallest absolute Gasteiger partial charge is 0.255 e. The quantitative estimate of drug-likeness (QED) is 0.861. The van der Waals surface area contributed by atoms with Gasteiger partial charge < -0.3 is 10.7 Å². The van der Waals surface area contributed by atoms with Gasteiger partial charge in [0.1, 0.15) is 5.82 Å². The van der Waals surface area contributed by atoms with Gasteiger partial charge in [0.25, 0.3) is 5.56 Å². The number of nitrogens with two attached hydrogens (primary N) is 1. The molecule has 3 N–H and O–H groups in total. The van der Waals surface area contributed by atoms with Gasteiger partial charge in [-0.2, -0.15) is 0 Å². The molecule has 0 aliphatic carbocycles. The molecule has 104 valence electrons. The van der Waals surface area contributed by atoms with E-state index in [0.29, 0.717) is 25.3 Å². The van der Waals surface area contributed by atoms with Crippen molar-refractivity contribution in [2.45, 2.75) is 26.1 Å². The third-order valence-corrected chi connectivity index (χ3v) is 3.54. The van der Waals surface area contributed by atoms with E-state index in [1.54, 1.807) is 0 Å². The fraction of sp³-hybridized carbons (Fsp3) is 0.333. The SMILES string of the molecule is NCCc1nc2c(c(=O)[nH]1)CN(Cc1ccccc1)C2. The van der Waals surface area contributed by atoms with E-state index in [9.17, 15) is 4.79 Å². The van der Waals surface area contributed by atoms with Crippen LogP contribution in [0.15, 0.2) is 35.1 Å². The summed E-state index contributed by atoms with van der Waals surface area (Å²) in [7, 11) is 0. The first-order valence-electron chi connectivity index (χ1n) is 6.83. The van der Waals surface area contributed by atoms with Crippen molar-refractivity contribution in [1.29, 1.82) is 0 Å². The van der Waals surface area contributed by atoms with E-state index in [4.69, 9.17) is 5.73 Å². The lowest BCUT2D eigenvalue weighted by atomic mass is 10.2. The molecule has 0 amide bonds. The molecule has 3 rings (SSSR count). The summed E-state index contributed by atoms with van der Waals surface area (Å²) >= 11 is 0. The predicted octanol–water partition coefficient (Wildman–Crippen LogP) is 0.787. The van der Waals surface area contributed by atoms with Gasteiger partial charge in [0, 0.05) is 26.1 Å². The lowest BCUT2D eigenvalue weighted by Gasteiger charge is -2.13. The molecule has 2 aromatic rings. The molecular weight excluding hydrogens is 252 g/mol. The standard InChI is InChI=1S/C15H18N4O/c16-7-6-14-17-13-10-19(9-12(13)15(20)18-14)8-11-4-2-1-3-5-11/h1-5H,6-10,16H2,(H,17,18,20). The average Bonchev–Trinajstić information content (AvgIpc) is 2.83. The zero-order valence-electron chi connectivity index (χ0n) is 11.3. The Hall–Kier alpha value is -1.98. The van der Waals surface area contributed by atoms with Gasteiger partial charge in [0.05, 0.1) is 11.3 Å². The fourth-order valence-electron chi connectivity index (χ4n) is 2.59. The maximum atomic E-state index is 12.0. The van der Waals surface area contributed by atoms with Gasteiger partial charge in [-0.1, -0.05) is 30.3 Å². The highest BCUT2D eigenvalue weighted by atomic mass is 16.1. The second kappa shape index (κ2) is 5.56. The van der Waals surface area contributed by atoms with E-state index >= 15 is 0 Å². The van der Waals surface area contributed by atoms with E-state index in [1.807, 2.05) is 18.2 Å². The predicted molar refractivity (Wildman–Crippen MR) is 77.0 cm³/mol. The summed E-state index contributed by atoms with van der Waals surface area (Å²) in [5, 5.41) is 0. The summed E-state index contributed by atoms with van der Waals surface area (Å²) < 4.78 is 0. The highest BCUT2D eigenvalue weighted by molar-refractivity contribution is 5.23. The minimum atomic E-state index is -0.0194. The van der Waals surface area contributed by atoms with E-state index in [1.165, 1.54) is 5.56 Å². The summed E-state index contributed by atoms with van der Waals surface area (Å²) in [4.78, 5) is 21.6. The Bertz CT molecular complexity index is 651. The number of aromatic nitrogens is 2. The highest BCUT2D eigenvalue weighted by Gasteiger charge is 2.23. The zero-order chi connectivity index (χ0) is 13.9. The van der Waals surface area contributed by atoms with Crippen LogP contribution in [0.5, 0.6) is 0 Å². The number of H-pyrrole nitrogens is 1. The molecule has 5 nitrogen and oxygen atoms in total. The Labute approximate surface area is 117 Å². The van der Waals surface area contributed by atoms with E-state index in [0.717, 1.165) is 24.3 Å². The zero-order valence-corrected chi connectivity index (χ0v) is 11.3. The first kappa shape index (κ1) is 13.0. The topological polar surface area (TPSA) is 75.0 Å². The molecule has 20 heavy (non-hydrogen) atoms. The van der Waals surface area contributed by atoms with Crippen molar-refractivity contribution in [1.82, 2.24) is 14.9 Å². The molecule has 1 aromatic carbocycles. The van der Waals surface area contributed by atoms with Crippen molar-refractivity contribution >= 4 is 0 Å². The van der Waals surface area contributed by atoms with Crippen molar-refractivity contribution in [3.05, 3.63) is 63.3 Å². The van der Waals surface area contributed by atoms with E-state index in [2.05, 4.69) is 27.0 Å². The van der Waals surface area contributed by atoms with Gasteiger partial charge in [0.2, 0.25) is 0 Å². The van der Waals surface area contributed by atoms with Gasteiger partial charge in [-0.15, -0.1) is 0 Å². The average molecular weight is 270 g/mol. The third-order valence-electron chi connectivity index (χ3n) is 3.54. The van der Waals surface area contributed by atoms with Crippen LogP contribution in [0, 0.1) is 0 Å². The number of aromatic amines is 1. The van der Waals surface area contributed by atoms with Crippen LogP contribution in [0.1, 0.15) is 22.6 Å². The van der Waals surface area contributed by atoms with Gasteiger partial charge in [-0.05, 0) is 12.1 Å². The third kappa shape index (κ3) is 2.64. The fourth-order valence-corrected chi connectivity index (χ4v) is 2.59. The first-order valence-corrected chi connectivity index (χ1v) is 6.83. The van der Waals surface area contributed by atoms with Crippen LogP contribution in [-0.4, -0.2) is 21.4 Å². The van der Waals surface area contributed by atoms with Crippen LogP contribution in [0.4, 0.5) is 0 Å². The molecule has 0 atom stereocenters. The Balaban J connectivity index is 1.78. The Morgan fingerprint density at radius 1 is 1.25 bits per heavy atom. The van der Waals surface area contributed by atoms with Crippen LogP contribution in [0.3, 0.4) is 0 Å². The summed E-state index contributed by atoms with van der Waals surface area (Å²) in [6.45, 7) is 2.72. The minimum absolute atomic E-state index is 0.0194. The second-order valence-corrected chi connectivity index (χ2v) is 5.11. The van der Waals surface area contributed by atoms with Gasteiger partial charge in [0.15, 0.2) is 0 Å². The number of rotatable bonds is 4. The summed E-state index contributed by atoms with van der Waals surface area (Å²) in [6, 6.07) is 10.3. The molecule has 1 aliphatic heterocycles. The normalized spacial score (nSPS) is 14.4. The Morgan fingerprint density at radius 2 is 2.05 bits per heavy atom. The molecule has 0 fully saturated rings.